The van der Waals surface area contributed by atoms with Crippen LogP contribution in [0.2, 0.25) is 0 Å². The van der Waals surface area contributed by atoms with E-state index in [1.807, 2.05) is 0 Å². The molecule has 0 radical (unpaired) electrons. The third-order valence-corrected chi connectivity index (χ3v) is 3.59. The van der Waals surface area contributed by atoms with Crippen LogP contribution in [0.25, 0.3) is 22.5 Å². The molecule has 0 aliphatic carbocycles. The van der Waals surface area contributed by atoms with Crippen LogP contribution in [0.15, 0.2) is 66.7 Å². The molecule has 1 heteroatoms. The van der Waals surface area contributed by atoms with Crippen LogP contribution in [0.5, 0.6) is 0 Å². The molecule has 0 aliphatic heterocycles. The average Bonchev–Trinajstić information content (AvgIpc) is 2.48. The van der Waals surface area contributed by atoms with Gasteiger partial charge in [-0.05, 0) is 37.1 Å². The average molecular weight is 259 g/mol. The molecule has 1 nitrogen and oxygen atoms in total. The maximum Gasteiger partial charge on any atom is 0.0712 e. The van der Waals surface area contributed by atoms with Gasteiger partial charge in [0.2, 0.25) is 0 Å². The van der Waals surface area contributed by atoms with Gasteiger partial charge in [0.05, 0.1) is 11.4 Å². The highest BCUT2D eigenvalue weighted by atomic mass is 14.7. The molecular weight excluding hydrogens is 242 g/mol. The topological polar surface area (TPSA) is 12.9 Å². The number of aromatic nitrogens is 1. The number of pyridine rings is 1. The first kappa shape index (κ1) is 12.6. The number of benzene rings is 2. The van der Waals surface area contributed by atoms with E-state index in [0.29, 0.717) is 0 Å². The first-order valence-electron chi connectivity index (χ1n) is 6.85. The Morgan fingerprint density at radius 3 is 1.45 bits per heavy atom. The molecule has 0 bridgehead atoms. The maximum atomic E-state index is 4.83. The number of hydrogen-bond acceptors (Lipinski definition) is 1. The van der Waals surface area contributed by atoms with Gasteiger partial charge in [-0.3, -0.25) is 0 Å². The van der Waals surface area contributed by atoms with E-state index in [0.717, 1.165) is 11.4 Å². The van der Waals surface area contributed by atoms with Gasteiger partial charge in [0, 0.05) is 11.1 Å². The van der Waals surface area contributed by atoms with E-state index in [4.69, 9.17) is 4.98 Å². The Labute approximate surface area is 119 Å². The van der Waals surface area contributed by atoms with Gasteiger partial charge in [-0.1, -0.05) is 54.6 Å². The predicted molar refractivity (Wildman–Crippen MR) is 84.6 cm³/mol. The van der Waals surface area contributed by atoms with Gasteiger partial charge in [0.1, 0.15) is 0 Å². The van der Waals surface area contributed by atoms with Crippen molar-refractivity contribution >= 4 is 0 Å². The SMILES string of the molecule is Cc1ccccc1-c1cccc(-c2ccccc2C)n1. The summed E-state index contributed by atoms with van der Waals surface area (Å²) in [4.78, 5) is 4.83. The second-order valence-corrected chi connectivity index (χ2v) is 5.04. The Kier molecular flexibility index (Phi) is 3.34. The van der Waals surface area contributed by atoms with E-state index in [1.165, 1.54) is 22.3 Å². The van der Waals surface area contributed by atoms with Crippen molar-refractivity contribution in [1.29, 1.82) is 0 Å². The lowest BCUT2D eigenvalue weighted by Crippen LogP contribution is -1.91. The summed E-state index contributed by atoms with van der Waals surface area (Å²) < 4.78 is 0. The zero-order valence-electron chi connectivity index (χ0n) is 11.8. The first-order valence-corrected chi connectivity index (χ1v) is 6.85. The molecule has 0 atom stereocenters. The van der Waals surface area contributed by atoms with Crippen LogP contribution in [0.4, 0.5) is 0 Å². The molecule has 20 heavy (non-hydrogen) atoms. The number of nitrogens with zero attached hydrogens (tertiary/aromatic N) is 1. The van der Waals surface area contributed by atoms with Gasteiger partial charge >= 0.3 is 0 Å². The molecule has 3 rings (SSSR count). The Bertz CT molecular complexity index is 683. The molecule has 0 spiro atoms. The molecule has 0 aliphatic rings. The Morgan fingerprint density at radius 2 is 1.00 bits per heavy atom. The van der Waals surface area contributed by atoms with Crippen LogP contribution in [0, 0.1) is 13.8 Å². The summed E-state index contributed by atoms with van der Waals surface area (Å²) >= 11 is 0. The fraction of sp³-hybridized carbons (Fsp3) is 0.105. The van der Waals surface area contributed by atoms with Crippen molar-refractivity contribution in [3.63, 3.8) is 0 Å². The lowest BCUT2D eigenvalue weighted by atomic mass is 10.0. The monoisotopic (exact) mass is 259 g/mol. The lowest BCUT2D eigenvalue weighted by molar-refractivity contribution is 1.29. The summed E-state index contributed by atoms with van der Waals surface area (Å²) in [6.07, 6.45) is 0. The van der Waals surface area contributed by atoms with Crippen LogP contribution >= 0.6 is 0 Å². The Hall–Kier alpha value is -2.41. The molecule has 0 unspecified atom stereocenters. The van der Waals surface area contributed by atoms with Gasteiger partial charge in [-0.15, -0.1) is 0 Å². The smallest absolute Gasteiger partial charge is 0.0712 e. The van der Waals surface area contributed by atoms with Crippen molar-refractivity contribution in [2.24, 2.45) is 0 Å². The van der Waals surface area contributed by atoms with E-state index in [2.05, 4.69) is 80.6 Å². The fourth-order valence-electron chi connectivity index (χ4n) is 2.46. The van der Waals surface area contributed by atoms with E-state index in [9.17, 15) is 0 Å². The van der Waals surface area contributed by atoms with Crippen LogP contribution in [-0.4, -0.2) is 4.98 Å². The highest BCUT2D eigenvalue weighted by Crippen LogP contribution is 2.26. The molecule has 0 N–H and O–H groups in total. The third kappa shape index (κ3) is 2.35. The summed E-state index contributed by atoms with van der Waals surface area (Å²) in [5.41, 5.74) is 6.96. The Morgan fingerprint density at radius 1 is 0.550 bits per heavy atom. The molecule has 2 aromatic carbocycles. The van der Waals surface area contributed by atoms with Crippen molar-refractivity contribution in [3.8, 4) is 22.5 Å². The van der Waals surface area contributed by atoms with Gasteiger partial charge in [-0.2, -0.15) is 0 Å². The van der Waals surface area contributed by atoms with Crippen LogP contribution in [0.3, 0.4) is 0 Å². The predicted octanol–water partition coefficient (Wildman–Crippen LogP) is 5.03. The summed E-state index contributed by atoms with van der Waals surface area (Å²) in [7, 11) is 0. The molecule has 0 saturated heterocycles. The molecule has 98 valence electrons. The van der Waals surface area contributed by atoms with Gasteiger partial charge in [0.25, 0.3) is 0 Å². The van der Waals surface area contributed by atoms with Crippen LogP contribution in [0.1, 0.15) is 11.1 Å². The maximum absolute atomic E-state index is 4.83. The van der Waals surface area contributed by atoms with E-state index < -0.39 is 0 Å². The molecule has 3 aromatic rings. The molecule has 1 heterocycles. The standard InChI is InChI=1S/C19H17N/c1-14-8-3-5-10-16(14)18-12-7-13-19(20-18)17-11-6-4-9-15(17)2/h3-13H,1-2H3. The van der Waals surface area contributed by atoms with Crippen LogP contribution < -0.4 is 0 Å². The Balaban J connectivity index is 2.12. The largest absolute Gasteiger partial charge is 0.248 e. The van der Waals surface area contributed by atoms with Crippen molar-refractivity contribution in [2.75, 3.05) is 0 Å². The summed E-state index contributed by atoms with van der Waals surface area (Å²) in [5, 5.41) is 0. The van der Waals surface area contributed by atoms with Gasteiger partial charge in [0.15, 0.2) is 0 Å². The number of hydrogen-bond donors (Lipinski definition) is 0. The summed E-state index contributed by atoms with van der Waals surface area (Å²) in [5.74, 6) is 0. The normalized spacial score (nSPS) is 10.5. The zero-order valence-corrected chi connectivity index (χ0v) is 11.8. The number of rotatable bonds is 2. The van der Waals surface area contributed by atoms with Gasteiger partial charge in [-0.25, -0.2) is 4.98 Å². The quantitative estimate of drug-likeness (QED) is 0.628. The third-order valence-electron chi connectivity index (χ3n) is 3.59. The van der Waals surface area contributed by atoms with Crippen molar-refractivity contribution in [3.05, 3.63) is 77.9 Å². The zero-order chi connectivity index (χ0) is 13.9. The minimum atomic E-state index is 1.03. The van der Waals surface area contributed by atoms with Crippen molar-refractivity contribution in [2.45, 2.75) is 13.8 Å². The molecule has 0 saturated carbocycles. The van der Waals surface area contributed by atoms with E-state index in [1.54, 1.807) is 0 Å². The van der Waals surface area contributed by atoms with Crippen molar-refractivity contribution in [1.82, 2.24) is 4.98 Å². The highest BCUT2D eigenvalue weighted by molar-refractivity contribution is 5.69. The summed E-state index contributed by atoms with van der Waals surface area (Å²) in [6, 6.07) is 23.0. The first-order chi connectivity index (χ1) is 9.75. The van der Waals surface area contributed by atoms with E-state index >= 15 is 0 Å². The molecule has 0 fully saturated rings. The fourth-order valence-corrected chi connectivity index (χ4v) is 2.46. The minimum Gasteiger partial charge on any atom is -0.248 e. The second kappa shape index (κ2) is 5.30. The minimum absolute atomic E-state index is 1.03. The molecule has 0 amide bonds. The summed E-state index contributed by atoms with van der Waals surface area (Å²) in [6.45, 7) is 4.24. The molecule has 1 aromatic heterocycles. The van der Waals surface area contributed by atoms with Gasteiger partial charge < -0.3 is 0 Å². The highest BCUT2D eigenvalue weighted by Gasteiger charge is 2.06. The molecular formula is C19H17N. The van der Waals surface area contributed by atoms with E-state index in [-0.39, 0.29) is 0 Å². The second-order valence-electron chi connectivity index (χ2n) is 5.04. The lowest BCUT2D eigenvalue weighted by Gasteiger charge is -2.09. The number of aryl methyl sites for hydroxylation is 2. The van der Waals surface area contributed by atoms with Crippen molar-refractivity contribution < 1.29 is 0 Å². The van der Waals surface area contributed by atoms with Crippen LogP contribution in [-0.2, 0) is 0 Å².